The van der Waals surface area contributed by atoms with Crippen molar-refractivity contribution in [1.29, 1.82) is 0 Å². The number of rotatable bonds is 4. The lowest BCUT2D eigenvalue weighted by atomic mass is 10.0. The number of carbonyl (C=O) groups excluding carboxylic acids is 1. The maximum absolute atomic E-state index is 13.0. The number of ketones is 1. The van der Waals surface area contributed by atoms with Crippen molar-refractivity contribution >= 4 is 40.2 Å². The lowest BCUT2D eigenvalue weighted by molar-refractivity contribution is 0.106. The number of nitrogens with one attached hydrogen (secondary N) is 1. The highest BCUT2D eigenvalue weighted by Gasteiger charge is 2.24. The molecule has 1 aliphatic rings. The largest absolute Gasteiger partial charge is 0.287 e. The summed E-state index contributed by atoms with van der Waals surface area (Å²) in [5.41, 5.74) is 6.34. The van der Waals surface area contributed by atoms with Crippen LogP contribution in [0, 0.1) is 0 Å². The van der Waals surface area contributed by atoms with Crippen LogP contribution >= 0.6 is 12.2 Å². The van der Waals surface area contributed by atoms with Crippen LogP contribution < -0.4 is 10.3 Å². The van der Waals surface area contributed by atoms with Crippen molar-refractivity contribution in [3.05, 3.63) is 108 Å². The minimum Gasteiger partial charge on any atom is -0.287 e. The molecule has 0 unspecified atom stereocenters. The molecule has 1 aliphatic heterocycles. The number of Topliss-reactive ketones (excluding diaryl/α,β-unsaturated/α-hetero) is 1. The zero-order valence-corrected chi connectivity index (χ0v) is 15.8. The van der Waals surface area contributed by atoms with Gasteiger partial charge in [0.2, 0.25) is 5.78 Å². The maximum Gasteiger partial charge on any atom is 0.213 e. The molecule has 0 aromatic heterocycles. The molecule has 3 aromatic carbocycles. The molecule has 1 heterocycles. The van der Waals surface area contributed by atoms with Gasteiger partial charge in [0.25, 0.3) is 0 Å². The van der Waals surface area contributed by atoms with Crippen LogP contribution in [0.5, 0.6) is 0 Å². The van der Waals surface area contributed by atoms with Crippen LogP contribution in [0.2, 0.25) is 0 Å². The normalized spacial score (nSPS) is 13.9. The number of anilines is 1. The highest BCUT2D eigenvalue weighted by molar-refractivity contribution is 7.80. The van der Waals surface area contributed by atoms with Gasteiger partial charge in [-0.15, -0.1) is 0 Å². The molecule has 1 N–H and O–H groups in total. The lowest BCUT2D eigenvalue weighted by Gasteiger charge is -2.26. The molecule has 0 saturated carbocycles. The Hall–Kier alpha value is -3.57. The van der Waals surface area contributed by atoms with Crippen molar-refractivity contribution in [1.82, 2.24) is 5.43 Å². The summed E-state index contributed by atoms with van der Waals surface area (Å²) in [6.07, 6.45) is 1.78. The second kappa shape index (κ2) is 7.98. The highest BCUT2D eigenvalue weighted by Crippen LogP contribution is 2.28. The number of benzene rings is 3. The van der Waals surface area contributed by atoms with Crippen LogP contribution in [0.15, 0.2) is 102 Å². The Morgan fingerprint density at radius 3 is 2.04 bits per heavy atom. The van der Waals surface area contributed by atoms with E-state index in [1.165, 1.54) is 0 Å². The Morgan fingerprint density at radius 1 is 0.821 bits per heavy atom. The fourth-order valence-corrected chi connectivity index (χ4v) is 3.25. The predicted molar refractivity (Wildman–Crippen MR) is 117 cm³/mol. The molecular formula is C23H17N3OS. The summed E-state index contributed by atoms with van der Waals surface area (Å²) in [6.45, 7) is 0. The van der Waals surface area contributed by atoms with Crippen LogP contribution in [0.3, 0.4) is 0 Å². The first-order chi connectivity index (χ1) is 13.7. The van der Waals surface area contributed by atoms with Gasteiger partial charge in [0.05, 0.1) is 5.70 Å². The van der Waals surface area contributed by atoms with E-state index in [0.717, 1.165) is 16.9 Å². The standard InChI is InChI=1S/C23H17N3OS/c27-22(18-12-6-2-7-13-18)20-16-21(17-10-4-1-5-11-17)26(23(28)25-24-20)19-14-8-3-9-15-19/h1-16H,(H,25,28). The molecular weight excluding hydrogens is 366 g/mol. The minimum absolute atomic E-state index is 0.167. The average molecular weight is 383 g/mol. The Kier molecular flexibility index (Phi) is 5.08. The van der Waals surface area contributed by atoms with Gasteiger partial charge in [0, 0.05) is 11.3 Å². The van der Waals surface area contributed by atoms with Crippen LogP contribution in [-0.4, -0.2) is 16.6 Å². The molecule has 28 heavy (non-hydrogen) atoms. The van der Waals surface area contributed by atoms with E-state index < -0.39 is 0 Å². The van der Waals surface area contributed by atoms with Gasteiger partial charge in [-0.3, -0.25) is 15.1 Å². The number of thiocarbonyl (C=S) groups is 1. The summed E-state index contributed by atoms with van der Waals surface area (Å²) in [4.78, 5) is 14.9. The van der Waals surface area contributed by atoms with Crippen LogP contribution in [0.1, 0.15) is 15.9 Å². The van der Waals surface area contributed by atoms with Crippen molar-refractivity contribution in [3.8, 4) is 0 Å². The van der Waals surface area contributed by atoms with Gasteiger partial charge in [-0.05, 0) is 36.0 Å². The first kappa shape index (κ1) is 17.8. The molecule has 0 aliphatic carbocycles. The zero-order valence-electron chi connectivity index (χ0n) is 14.9. The molecule has 4 rings (SSSR count). The van der Waals surface area contributed by atoms with Gasteiger partial charge in [-0.1, -0.05) is 78.9 Å². The van der Waals surface area contributed by atoms with E-state index in [-0.39, 0.29) is 5.78 Å². The van der Waals surface area contributed by atoms with E-state index >= 15 is 0 Å². The molecule has 0 amide bonds. The van der Waals surface area contributed by atoms with Crippen LogP contribution in [-0.2, 0) is 0 Å². The second-order valence-corrected chi connectivity index (χ2v) is 6.56. The van der Waals surface area contributed by atoms with Crippen LogP contribution in [0.4, 0.5) is 5.69 Å². The van der Waals surface area contributed by atoms with Gasteiger partial charge in [-0.2, -0.15) is 5.10 Å². The van der Waals surface area contributed by atoms with Gasteiger partial charge in [0.15, 0.2) is 5.11 Å². The SMILES string of the molecule is O=C(C1=NNC(=S)N(c2ccccc2)C(c2ccccc2)=C1)c1ccccc1. The van der Waals surface area contributed by atoms with E-state index in [1.54, 1.807) is 18.2 Å². The third-order valence-corrected chi connectivity index (χ3v) is 4.62. The Labute approximate surface area is 168 Å². The fourth-order valence-electron chi connectivity index (χ4n) is 3.00. The van der Waals surface area contributed by atoms with Gasteiger partial charge in [0.1, 0.15) is 5.71 Å². The molecule has 0 atom stereocenters. The van der Waals surface area contributed by atoms with Crippen molar-refractivity contribution in [2.75, 3.05) is 4.90 Å². The monoisotopic (exact) mass is 383 g/mol. The number of carbonyl (C=O) groups is 1. The number of allylic oxidation sites excluding steroid dienone is 1. The van der Waals surface area contributed by atoms with E-state index in [9.17, 15) is 4.79 Å². The lowest BCUT2D eigenvalue weighted by Crippen LogP contribution is -2.35. The summed E-state index contributed by atoms with van der Waals surface area (Å²) in [5, 5.41) is 4.69. The molecule has 0 radical (unpaired) electrons. The predicted octanol–water partition coefficient (Wildman–Crippen LogP) is 4.66. The molecule has 5 heteroatoms. The third-order valence-electron chi connectivity index (χ3n) is 4.34. The van der Waals surface area contributed by atoms with Gasteiger partial charge >= 0.3 is 0 Å². The Morgan fingerprint density at radius 2 is 1.39 bits per heavy atom. The highest BCUT2D eigenvalue weighted by atomic mass is 32.1. The van der Waals surface area contributed by atoms with Crippen molar-refractivity contribution in [3.63, 3.8) is 0 Å². The molecule has 4 nitrogen and oxygen atoms in total. The molecule has 3 aromatic rings. The molecule has 0 spiro atoms. The van der Waals surface area contributed by atoms with E-state index in [2.05, 4.69) is 10.5 Å². The quantitative estimate of drug-likeness (QED) is 0.526. The van der Waals surface area contributed by atoms with Crippen molar-refractivity contribution in [2.24, 2.45) is 5.10 Å². The molecule has 136 valence electrons. The number of hydrogen-bond acceptors (Lipinski definition) is 3. The molecule has 0 bridgehead atoms. The van der Waals surface area contributed by atoms with Gasteiger partial charge in [-0.25, -0.2) is 0 Å². The van der Waals surface area contributed by atoms with E-state index in [0.29, 0.717) is 16.4 Å². The number of para-hydroxylation sites is 1. The number of hydrazone groups is 1. The summed E-state index contributed by atoms with van der Waals surface area (Å²) in [5.74, 6) is -0.167. The van der Waals surface area contributed by atoms with E-state index in [4.69, 9.17) is 12.2 Å². The topological polar surface area (TPSA) is 44.7 Å². The summed E-state index contributed by atoms with van der Waals surface area (Å²) < 4.78 is 0. The smallest absolute Gasteiger partial charge is 0.213 e. The fraction of sp³-hybridized carbons (Fsp3) is 0. The molecule has 0 fully saturated rings. The average Bonchev–Trinajstić information content (AvgIpc) is 2.94. The number of nitrogens with zero attached hydrogens (tertiary/aromatic N) is 2. The van der Waals surface area contributed by atoms with Crippen LogP contribution in [0.25, 0.3) is 5.70 Å². The molecule has 0 saturated heterocycles. The second-order valence-electron chi connectivity index (χ2n) is 6.18. The van der Waals surface area contributed by atoms with E-state index in [1.807, 2.05) is 83.8 Å². The van der Waals surface area contributed by atoms with Crippen molar-refractivity contribution in [2.45, 2.75) is 0 Å². The Bertz CT molecular complexity index is 1060. The third kappa shape index (κ3) is 3.61. The summed E-state index contributed by atoms with van der Waals surface area (Å²) in [6, 6.07) is 28.7. The van der Waals surface area contributed by atoms with Crippen molar-refractivity contribution < 1.29 is 4.79 Å². The summed E-state index contributed by atoms with van der Waals surface area (Å²) >= 11 is 5.58. The summed E-state index contributed by atoms with van der Waals surface area (Å²) in [7, 11) is 0. The van der Waals surface area contributed by atoms with Gasteiger partial charge < -0.3 is 0 Å². The first-order valence-corrected chi connectivity index (χ1v) is 9.24. The zero-order chi connectivity index (χ0) is 19.3. The Balaban J connectivity index is 1.84. The number of hydrogen-bond donors (Lipinski definition) is 1. The first-order valence-electron chi connectivity index (χ1n) is 8.84. The maximum atomic E-state index is 13.0. The minimum atomic E-state index is -0.167.